The fraction of sp³-hybridized carbons (Fsp3) is 0.875. The van der Waals surface area contributed by atoms with Gasteiger partial charge in [-0.1, -0.05) is 13.8 Å². The van der Waals surface area contributed by atoms with Crippen LogP contribution < -0.4 is 5.73 Å². The van der Waals surface area contributed by atoms with Gasteiger partial charge < -0.3 is 10.6 Å². The summed E-state index contributed by atoms with van der Waals surface area (Å²) in [6, 6.07) is 0.235. The van der Waals surface area contributed by atoms with E-state index in [0.717, 1.165) is 25.9 Å². The van der Waals surface area contributed by atoms with Gasteiger partial charge in [-0.05, 0) is 11.8 Å². The molecule has 0 bridgehead atoms. The normalized spacial score (nSPS) is 30.1. The van der Waals surface area contributed by atoms with Gasteiger partial charge in [0.2, 0.25) is 6.41 Å². The molecule has 2 N–H and O–H groups in total. The minimum atomic E-state index is 0.0825. The Hall–Kier alpha value is -0.570. The zero-order valence-electron chi connectivity index (χ0n) is 7.21. The standard InChI is InChI=1S/C8H16N2O/c1-8(2)5-10(6-11)4-3-7(8)9/h6-7H,3-5,9H2,1-2H3. The first-order valence-corrected chi connectivity index (χ1v) is 4.01. The van der Waals surface area contributed by atoms with Gasteiger partial charge in [-0.3, -0.25) is 4.79 Å². The molecule has 3 nitrogen and oxygen atoms in total. The number of hydrogen-bond acceptors (Lipinski definition) is 2. The molecule has 1 atom stereocenters. The van der Waals surface area contributed by atoms with Crippen LogP contribution >= 0.6 is 0 Å². The van der Waals surface area contributed by atoms with E-state index < -0.39 is 0 Å². The largest absolute Gasteiger partial charge is 0.345 e. The lowest BCUT2D eigenvalue weighted by molar-refractivity contribution is -0.121. The highest BCUT2D eigenvalue weighted by Crippen LogP contribution is 2.26. The second-order valence-corrected chi connectivity index (χ2v) is 3.96. The predicted octanol–water partition coefficient (Wildman–Crippen LogP) is 0.202. The van der Waals surface area contributed by atoms with Crippen molar-refractivity contribution in [2.24, 2.45) is 11.1 Å². The monoisotopic (exact) mass is 156 g/mol. The first-order valence-electron chi connectivity index (χ1n) is 4.01. The minimum absolute atomic E-state index is 0.0825. The molecule has 3 heteroatoms. The molecule has 1 heterocycles. The molecule has 1 aliphatic rings. The Bertz CT molecular complexity index is 156. The summed E-state index contributed by atoms with van der Waals surface area (Å²) in [5.41, 5.74) is 5.97. The van der Waals surface area contributed by atoms with Crippen molar-refractivity contribution in [2.45, 2.75) is 26.3 Å². The molecule has 1 unspecified atom stereocenters. The summed E-state index contributed by atoms with van der Waals surface area (Å²) in [5.74, 6) is 0. The van der Waals surface area contributed by atoms with Crippen LogP contribution in [0.3, 0.4) is 0 Å². The van der Waals surface area contributed by atoms with E-state index in [-0.39, 0.29) is 11.5 Å². The van der Waals surface area contributed by atoms with E-state index in [0.29, 0.717) is 0 Å². The Morgan fingerprint density at radius 1 is 1.64 bits per heavy atom. The highest BCUT2D eigenvalue weighted by Gasteiger charge is 2.32. The number of carbonyl (C=O) groups excluding carboxylic acids is 1. The van der Waals surface area contributed by atoms with E-state index in [4.69, 9.17) is 5.73 Å². The van der Waals surface area contributed by atoms with Crippen molar-refractivity contribution in [3.8, 4) is 0 Å². The van der Waals surface area contributed by atoms with Crippen LogP contribution in [0.4, 0.5) is 0 Å². The molecule has 0 aliphatic carbocycles. The van der Waals surface area contributed by atoms with Gasteiger partial charge in [0.05, 0.1) is 0 Å². The maximum Gasteiger partial charge on any atom is 0.209 e. The number of rotatable bonds is 1. The van der Waals surface area contributed by atoms with Crippen molar-refractivity contribution >= 4 is 6.41 Å². The maximum absolute atomic E-state index is 10.4. The summed E-state index contributed by atoms with van der Waals surface area (Å²) in [6.07, 6.45) is 1.83. The van der Waals surface area contributed by atoms with E-state index in [2.05, 4.69) is 13.8 Å². The van der Waals surface area contributed by atoms with Gasteiger partial charge in [-0.15, -0.1) is 0 Å². The Kier molecular flexibility index (Phi) is 2.18. The Labute approximate surface area is 67.5 Å². The molecule has 0 aromatic heterocycles. The molecule has 0 saturated carbocycles. The summed E-state index contributed by atoms with van der Waals surface area (Å²) in [6.45, 7) is 5.81. The maximum atomic E-state index is 10.4. The van der Waals surface area contributed by atoms with Crippen molar-refractivity contribution in [1.82, 2.24) is 4.90 Å². The molecular formula is C8H16N2O. The van der Waals surface area contributed by atoms with Gasteiger partial charge >= 0.3 is 0 Å². The minimum Gasteiger partial charge on any atom is -0.345 e. The van der Waals surface area contributed by atoms with Crippen molar-refractivity contribution < 1.29 is 4.79 Å². The van der Waals surface area contributed by atoms with E-state index >= 15 is 0 Å². The number of amides is 1. The number of carbonyl (C=O) groups is 1. The second kappa shape index (κ2) is 2.81. The first kappa shape index (κ1) is 8.53. The molecule has 1 amide bonds. The molecule has 0 radical (unpaired) electrons. The van der Waals surface area contributed by atoms with Gasteiger partial charge in [0, 0.05) is 19.1 Å². The van der Waals surface area contributed by atoms with Gasteiger partial charge in [0.25, 0.3) is 0 Å². The molecule has 0 aromatic carbocycles. The van der Waals surface area contributed by atoms with Gasteiger partial charge in [0.1, 0.15) is 0 Å². The highest BCUT2D eigenvalue weighted by molar-refractivity contribution is 5.47. The number of likely N-dealkylation sites (tertiary alicyclic amines) is 1. The lowest BCUT2D eigenvalue weighted by atomic mass is 9.80. The van der Waals surface area contributed by atoms with Crippen LogP contribution in [0, 0.1) is 5.41 Å². The third-order valence-corrected chi connectivity index (χ3v) is 2.49. The molecule has 1 aliphatic heterocycles. The zero-order valence-corrected chi connectivity index (χ0v) is 7.21. The fourth-order valence-corrected chi connectivity index (χ4v) is 1.51. The lowest BCUT2D eigenvalue weighted by Crippen LogP contribution is -2.51. The summed E-state index contributed by atoms with van der Waals surface area (Å²) in [5, 5.41) is 0. The topological polar surface area (TPSA) is 46.3 Å². The molecular weight excluding hydrogens is 140 g/mol. The SMILES string of the molecule is CC1(C)CN(C=O)CCC1N. The second-order valence-electron chi connectivity index (χ2n) is 3.96. The van der Waals surface area contributed by atoms with E-state index in [1.807, 2.05) is 0 Å². The van der Waals surface area contributed by atoms with Crippen LogP contribution in [0.15, 0.2) is 0 Å². The quantitative estimate of drug-likeness (QED) is 0.551. The van der Waals surface area contributed by atoms with E-state index in [1.54, 1.807) is 4.90 Å². The van der Waals surface area contributed by atoms with Gasteiger partial charge in [-0.25, -0.2) is 0 Å². The summed E-state index contributed by atoms with van der Waals surface area (Å²) in [4.78, 5) is 12.2. The van der Waals surface area contributed by atoms with Gasteiger partial charge in [-0.2, -0.15) is 0 Å². The highest BCUT2D eigenvalue weighted by atomic mass is 16.1. The van der Waals surface area contributed by atoms with Crippen LogP contribution in [0.5, 0.6) is 0 Å². The average molecular weight is 156 g/mol. The third-order valence-electron chi connectivity index (χ3n) is 2.49. The van der Waals surface area contributed by atoms with Crippen molar-refractivity contribution in [2.75, 3.05) is 13.1 Å². The van der Waals surface area contributed by atoms with Gasteiger partial charge in [0.15, 0.2) is 0 Å². The molecule has 11 heavy (non-hydrogen) atoms. The number of piperidine rings is 1. The van der Waals surface area contributed by atoms with E-state index in [9.17, 15) is 4.79 Å². The number of nitrogens with zero attached hydrogens (tertiary/aromatic N) is 1. The molecule has 1 saturated heterocycles. The van der Waals surface area contributed by atoms with Crippen LogP contribution in [-0.4, -0.2) is 30.4 Å². The Morgan fingerprint density at radius 2 is 2.27 bits per heavy atom. The summed E-state index contributed by atoms with van der Waals surface area (Å²) < 4.78 is 0. The van der Waals surface area contributed by atoms with Crippen molar-refractivity contribution in [3.05, 3.63) is 0 Å². The molecule has 64 valence electrons. The fourth-order valence-electron chi connectivity index (χ4n) is 1.51. The number of hydrogen-bond donors (Lipinski definition) is 1. The Balaban J connectivity index is 2.58. The molecule has 1 rings (SSSR count). The van der Waals surface area contributed by atoms with Crippen LogP contribution in [0.25, 0.3) is 0 Å². The molecule has 0 aromatic rings. The van der Waals surface area contributed by atoms with E-state index in [1.165, 1.54) is 0 Å². The first-order chi connectivity index (χ1) is 5.06. The van der Waals surface area contributed by atoms with Crippen LogP contribution in [0.1, 0.15) is 20.3 Å². The smallest absolute Gasteiger partial charge is 0.209 e. The Morgan fingerprint density at radius 3 is 2.73 bits per heavy atom. The van der Waals surface area contributed by atoms with Crippen LogP contribution in [0.2, 0.25) is 0 Å². The predicted molar refractivity (Wildman–Crippen MR) is 44.0 cm³/mol. The average Bonchev–Trinajstić information content (AvgIpc) is 1.95. The van der Waals surface area contributed by atoms with Crippen molar-refractivity contribution in [3.63, 3.8) is 0 Å². The third kappa shape index (κ3) is 1.71. The summed E-state index contributed by atoms with van der Waals surface area (Å²) >= 11 is 0. The van der Waals surface area contributed by atoms with Crippen LogP contribution in [-0.2, 0) is 4.79 Å². The zero-order chi connectivity index (χ0) is 8.48. The molecule has 1 fully saturated rings. The number of nitrogens with two attached hydrogens (primary N) is 1. The van der Waals surface area contributed by atoms with Crippen molar-refractivity contribution in [1.29, 1.82) is 0 Å². The molecule has 0 spiro atoms. The summed E-state index contributed by atoms with van der Waals surface area (Å²) in [7, 11) is 0. The lowest BCUT2D eigenvalue weighted by Gasteiger charge is -2.40.